The number of hydrogen-bond donors (Lipinski definition) is 0. The fourth-order valence-electron chi connectivity index (χ4n) is 6.07. The number of carboxylic acid groups (broad SMARTS) is 1. The van der Waals surface area contributed by atoms with Gasteiger partial charge in [0, 0.05) is 12.8 Å². The van der Waals surface area contributed by atoms with E-state index in [0.717, 1.165) is 96.3 Å². The second-order valence-electron chi connectivity index (χ2n) is 16.7. The van der Waals surface area contributed by atoms with Gasteiger partial charge in [0.2, 0.25) is 0 Å². The maximum Gasteiger partial charge on any atom is 0.306 e. The highest BCUT2D eigenvalue weighted by Crippen LogP contribution is 2.14. The third-order valence-corrected chi connectivity index (χ3v) is 9.72. The van der Waals surface area contributed by atoms with Crippen LogP contribution >= 0.6 is 0 Å². The van der Waals surface area contributed by atoms with Gasteiger partial charge >= 0.3 is 11.9 Å². The Balaban J connectivity index is 4.15. The van der Waals surface area contributed by atoms with Gasteiger partial charge in [0.25, 0.3) is 0 Å². The van der Waals surface area contributed by atoms with Crippen molar-refractivity contribution in [2.45, 2.75) is 187 Å². The maximum absolute atomic E-state index is 12.7. The van der Waals surface area contributed by atoms with Crippen molar-refractivity contribution in [1.29, 1.82) is 0 Å². The number of aliphatic carboxylic acids is 1. The Kier molecular flexibility index (Phi) is 40.1. The van der Waals surface area contributed by atoms with Crippen molar-refractivity contribution in [2.75, 3.05) is 47.5 Å². The quantitative estimate of drug-likeness (QED) is 0.0196. The number of rotatable bonds is 42. The average molecular weight is 842 g/mol. The van der Waals surface area contributed by atoms with E-state index >= 15 is 0 Å². The minimum Gasteiger partial charge on any atom is -0.545 e. The Labute approximate surface area is 367 Å². The number of ether oxygens (including phenoxy) is 4. The molecule has 60 heavy (non-hydrogen) atoms. The Morgan fingerprint density at radius 2 is 0.950 bits per heavy atom. The molecule has 0 amide bonds. The van der Waals surface area contributed by atoms with E-state index in [1.165, 1.54) is 44.9 Å². The van der Waals surface area contributed by atoms with Crippen LogP contribution in [0.2, 0.25) is 0 Å². The van der Waals surface area contributed by atoms with Gasteiger partial charge in [-0.3, -0.25) is 9.59 Å². The molecule has 2 unspecified atom stereocenters. The van der Waals surface area contributed by atoms with E-state index in [0.29, 0.717) is 17.4 Å². The molecule has 0 fully saturated rings. The lowest BCUT2D eigenvalue weighted by Gasteiger charge is -2.26. The molecule has 0 N–H and O–H groups in total. The van der Waals surface area contributed by atoms with Gasteiger partial charge in [-0.05, 0) is 64.2 Å². The Morgan fingerprint density at radius 3 is 1.42 bits per heavy atom. The Hall–Kier alpha value is -3.27. The van der Waals surface area contributed by atoms with Crippen molar-refractivity contribution in [3.8, 4) is 0 Å². The summed E-state index contributed by atoms with van der Waals surface area (Å²) in [5.41, 5.74) is 0. The molecular weight excluding hydrogens is 755 g/mol. The highest BCUT2D eigenvalue weighted by atomic mass is 16.7. The lowest BCUT2D eigenvalue weighted by Crippen LogP contribution is -2.44. The minimum atomic E-state index is -1.62. The first-order valence-corrected chi connectivity index (χ1v) is 23.6. The standard InChI is InChI=1S/C51H87NO8/c1-6-8-10-12-14-15-16-17-18-19-20-21-22-23-24-25-26-27-28-29-30-31-32-33-34-35-36-38-40-42-49(54)60-47(45-58-48(53)41-39-37-13-11-9-7-2)46-59-51(50(55)56)57-44-43-52(3,4)5/h8,10,14-15,17-18,20-21,23-24,26-27,47,51H,6-7,9,11-13,16,19,22,25,28-46H2,1-5H3/b10-8-,15-14-,18-17-,21-20-,24-23-,27-26-. The predicted octanol–water partition coefficient (Wildman–Crippen LogP) is 11.4. The van der Waals surface area contributed by atoms with Crippen molar-refractivity contribution >= 4 is 17.9 Å². The molecule has 9 nitrogen and oxygen atoms in total. The van der Waals surface area contributed by atoms with Crippen molar-refractivity contribution in [3.05, 3.63) is 72.9 Å². The Morgan fingerprint density at radius 1 is 0.517 bits per heavy atom. The molecule has 0 saturated carbocycles. The second-order valence-corrected chi connectivity index (χ2v) is 16.7. The zero-order valence-corrected chi connectivity index (χ0v) is 38.8. The molecular formula is C51H87NO8. The molecule has 0 saturated heterocycles. The van der Waals surface area contributed by atoms with E-state index in [-0.39, 0.29) is 38.6 Å². The maximum atomic E-state index is 12.7. The fraction of sp³-hybridized carbons (Fsp3) is 0.706. The largest absolute Gasteiger partial charge is 0.545 e. The highest BCUT2D eigenvalue weighted by Gasteiger charge is 2.21. The molecule has 0 spiro atoms. The first-order valence-electron chi connectivity index (χ1n) is 23.6. The van der Waals surface area contributed by atoms with Crippen molar-refractivity contribution in [2.24, 2.45) is 0 Å². The lowest BCUT2D eigenvalue weighted by atomic mass is 10.0. The minimum absolute atomic E-state index is 0.144. The molecule has 0 aliphatic rings. The number of carbonyl (C=O) groups is 3. The van der Waals surface area contributed by atoms with E-state index in [1.807, 2.05) is 21.1 Å². The lowest BCUT2D eigenvalue weighted by molar-refractivity contribution is -0.870. The SMILES string of the molecule is CC/C=C\C/C=C\C/C=C\C/C=C\C/C=C\C/C=C\CCCCCCCCCCCCC(=O)OC(COC(=O)CCCCCCCC)COC(OCC[N+](C)(C)C)C(=O)[O-]. The number of esters is 2. The van der Waals surface area contributed by atoms with Gasteiger partial charge < -0.3 is 33.3 Å². The summed E-state index contributed by atoms with van der Waals surface area (Å²) in [7, 11) is 5.89. The van der Waals surface area contributed by atoms with Gasteiger partial charge in [-0.2, -0.15) is 0 Å². The molecule has 344 valence electrons. The number of carbonyl (C=O) groups excluding carboxylic acids is 3. The molecule has 0 aliphatic heterocycles. The van der Waals surface area contributed by atoms with Crippen LogP contribution in [-0.4, -0.2) is 82.3 Å². The molecule has 0 aromatic heterocycles. The molecule has 0 aromatic rings. The molecule has 0 rings (SSSR count). The van der Waals surface area contributed by atoms with Gasteiger partial charge in [-0.15, -0.1) is 0 Å². The molecule has 0 bridgehead atoms. The van der Waals surface area contributed by atoms with Crippen LogP contribution in [0.1, 0.15) is 174 Å². The van der Waals surface area contributed by atoms with Gasteiger partial charge in [-0.25, -0.2) is 0 Å². The number of unbranched alkanes of at least 4 members (excludes halogenated alkanes) is 15. The molecule has 0 aromatic carbocycles. The van der Waals surface area contributed by atoms with Crippen molar-refractivity contribution in [3.63, 3.8) is 0 Å². The summed E-state index contributed by atoms with van der Waals surface area (Å²) in [5, 5.41) is 11.6. The number of nitrogens with zero attached hydrogens (tertiary/aromatic N) is 1. The van der Waals surface area contributed by atoms with Crippen LogP contribution < -0.4 is 5.11 Å². The molecule has 0 aliphatic carbocycles. The van der Waals surface area contributed by atoms with Crippen molar-refractivity contribution in [1.82, 2.24) is 0 Å². The highest BCUT2D eigenvalue weighted by molar-refractivity contribution is 5.70. The Bertz CT molecular complexity index is 1210. The summed E-state index contributed by atoms with van der Waals surface area (Å²) in [4.78, 5) is 36.7. The number of hydrogen-bond acceptors (Lipinski definition) is 8. The number of quaternary nitrogens is 1. The van der Waals surface area contributed by atoms with Crippen LogP contribution in [0.4, 0.5) is 0 Å². The van der Waals surface area contributed by atoms with E-state index < -0.39 is 24.3 Å². The smallest absolute Gasteiger partial charge is 0.306 e. The molecule has 0 radical (unpaired) electrons. The number of carboxylic acids is 1. The second kappa shape index (κ2) is 42.4. The van der Waals surface area contributed by atoms with Gasteiger partial charge in [-0.1, -0.05) is 170 Å². The van der Waals surface area contributed by atoms with Crippen LogP contribution in [0, 0.1) is 0 Å². The van der Waals surface area contributed by atoms with E-state index in [1.54, 1.807) is 0 Å². The zero-order chi connectivity index (χ0) is 44.2. The molecule has 2 atom stereocenters. The normalized spacial score (nSPS) is 13.6. The molecule has 9 heteroatoms. The summed E-state index contributed by atoms with van der Waals surface area (Å²) < 4.78 is 22.4. The van der Waals surface area contributed by atoms with E-state index in [2.05, 4.69) is 86.8 Å². The van der Waals surface area contributed by atoms with E-state index in [4.69, 9.17) is 18.9 Å². The first kappa shape index (κ1) is 56.7. The summed E-state index contributed by atoms with van der Waals surface area (Å²) in [6.45, 7) is 4.53. The number of likely N-dealkylation sites (N-methyl/N-ethyl adjacent to an activating group) is 1. The van der Waals surface area contributed by atoms with Gasteiger partial charge in [0.05, 0.1) is 40.3 Å². The van der Waals surface area contributed by atoms with Crippen LogP contribution in [0.15, 0.2) is 72.9 Å². The predicted molar refractivity (Wildman–Crippen MR) is 246 cm³/mol. The van der Waals surface area contributed by atoms with Crippen LogP contribution in [0.25, 0.3) is 0 Å². The summed E-state index contributed by atoms with van der Waals surface area (Å²) >= 11 is 0. The van der Waals surface area contributed by atoms with Gasteiger partial charge in [0.15, 0.2) is 12.4 Å². The molecule has 0 heterocycles. The van der Waals surface area contributed by atoms with Crippen molar-refractivity contribution < 1.29 is 42.9 Å². The monoisotopic (exact) mass is 842 g/mol. The van der Waals surface area contributed by atoms with Gasteiger partial charge in [0.1, 0.15) is 13.2 Å². The average Bonchev–Trinajstić information content (AvgIpc) is 3.21. The summed E-state index contributed by atoms with van der Waals surface area (Å²) in [6.07, 6.45) is 49.8. The fourth-order valence-corrected chi connectivity index (χ4v) is 6.07. The van der Waals surface area contributed by atoms with Crippen LogP contribution in [0.5, 0.6) is 0 Å². The van der Waals surface area contributed by atoms with E-state index in [9.17, 15) is 19.5 Å². The number of allylic oxidation sites excluding steroid dienone is 12. The summed E-state index contributed by atoms with van der Waals surface area (Å²) in [5.74, 6) is -2.31. The first-order chi connectivity index (χ1) is 29.1. The third kappa shape index (κ3) is 42.8. The van der Waals surface area contributed by atoms with Crippen LogP contribution in [0.3, 0.4) is 0 Å². The summed E-state index contributed by atoms with van der Waals surface area (Å²) in [6, 6.07) is 0. The zero-order valence-electron chi connectivity index (χ0n) is 38.8. The topological polar surface area (TPSA) is 111 Å². The third-order valence-electron chi connectivity index (χ3n) is 9.72. The van der Waals surface area contributed by atoms with Crippen LogP contribution in [-0.2, 0) is 33.3 Å².